The average molecular weight is 267 g/mol. The lowest BCUT2D eigenvalue weighted by Gasteiger charge is -2.36. The molecule has 0 radical (unpaired) electrons. The van der Waals surface area contributed by atoms with Crippen LogP contribution < -0.4 is 5.32 Å². The Morgan fingerprint density at radius 1 is 1.21 bits per heavy atom. The van der Waals surface area contributed by atoms with Crippen LogP contribution in [-0.4, -0.2) is 61.5 Å². The van der Waals surface area contributed by atoms with E-state index in [1.807, 2.05) is 7.05 Å². The Kier molecular flexibility index (Phi) is 5.22. The van der Waals surface area contributed by atoms with Crippen molar-refractivity contribution in [2.24, 2.45) is 5.92 Å². The molecule has 2 aliphatic rings. The van der Waals surface area contributed by atoms with E-state index >= 15 is 0 Å². The van der Waals surface area contributed by atoms with E-state index in [0.717, 1.165) is 19.6 Å². The van der Waals surface area contributed by atoms with E-state index in [-0.39, 0.29) is 6.04 Å². The molecule has 110 valence electrons. The van der Waals surface area contributed by atoms with Gasteiger partial charge < -0.3 is 10.2 Å². The van der Waals surface area contributed by atoms with Crippen molar-refractivity contribution in [3.8, 4) is 0 Å². The molecular formula is C15H29N3O. The fourth-order valence-corrected chi connectivity index (χ4v) is 3.64. The first-order chi connectivity index (χ1) is 9.13. The third-order valence-electron chi connectivity index (χ3n) is 4.62. The summed E-state index contributed by atoms with van der Waals surface area (Å²) in [5.41, 5.74) is 0. The second-order valence-corrected chi connectivity index (χ2v) is 6.40. The van der Waals surface area contributed by atoms with Crippen LogP contribution in [0.1, 0.15) is 39.0 Å². The van der Waals surface area contributed by atoms with Gasteiger partial charge in [-0.25, -0.2) is 0 Å². The summed E-state index contributed by atoms with van der Waals surface area (Å²) in [5, 5.41) is 3.18. The Hall–Kier alpha value is -0.610. The molecule has 2 fully saturated rings. The molecule has 0 aromatic rings. The molecule has 2 atom stereocenters. The number of rotatable bonds is 3. The molecule has 1 aliphatic heterocycles. The van der Waals surface area contributed by atoms with Crippen molar-refractivity contribution in [2.45, 2.75) is 51.1 Å². The van der Waals surface area contributed by atoms with Crippen molar-refractivity contribution < 1.29 is 4.79 Å². The van der Waals surface area contributed by atoms with E-state index in [9.17, 15) is 4.79 Å². The van der Waals surface area contributed by atoms with Gasteiger partial charge in [0, 0.05) is 25.7 Å². The molecule has 1 aliphatic carbocycles. The molecule has 4 nitrogen and oxygen atoms in total. The van der Waals surface area contributed by atoms with Crippen LogP contribution in [0.25, 0.3) is 0 Å². The molecule has 0 aromatic carbocycles. The van der Waals surface area contributed by atoms with Crippen molar-refractivity contribution in [3.05, 3.63) is 0 Å². The highest BCUT2D eigenvalue weighted by Crippen LogP contribution is 2.26. The number of likely N-dealkylation sites (N-methyl/N-ethyl adjacent to an activating group) is 2. The minimum absolute atomic E-state index is 0.0110. The molecule has 1 N–H and O–H groups in total. The zero-order chi connectivity index (χ0) is 13.8. The number of nitrogens with zero attached hydrogens (tertiary/aromatic N) is 2. The number of carbonyl (C=O) groups excluding carboxylic acids is 1. The quantitative estimate of drug-likeness (QED) is 0.837. The monoisotopic (exact) mass is 267 g/mol. The molecule has 0 spiro atoms. The van der Waals surface area contributed by atoms with Crippen molar-refractivity contribution in [1.29, 1.82) is 0 Å². The largest absolute Gasteiger partial charge is 0.338 e. The Morgan fingerprint density at radius 2 is 1.89 bits per heavy atom. The zero-order valence-corrected chi connectivity index (χ0v) is 12.7. The molecule has 1 amide bonds. The lowest BCUT2D eigenvalue weighted by Crippen LogP contribution is -2.52. The second-order valence-electron chi connectivity index (χ2n) is 6.40. The molecule has 1 saturated carbocycles. The van der Waals surface area contributed by atoms with Gasteiger partial charge in [0.2, 0.25) is 5.91 Å². The van der Waals surface area contributed by atoms with Crippen molar-refractivity contribution >= 4 is 5.91 Å². The number of hydrogen-bond donors (Lipinski definition) is 1. The van der Waals surface area contributed by atoms with Crippen molar-refractivity contribution in [1.82, 2.24) is 15.1 Å². The van der Waals surface area contributed by atoms with Gasteiger partial charge in [0.15, 0.2) is 0 Å². The number of hydrogen-bond acceptors (Lipinski definition) is 3. The maximum Gasteiger partial charge on any atom is 0.241 e. The predicted molar refractivity (Wildman–Crippen MR) is 78.1 cm³/mol. The third kappa shape index (κ3) is 3.48. The zero-order valence-electron chi connectivity index (χ0n) is 12.7. The van der Waals surface area contributed by atoms with Crippen LogP contribution in [0.4, 0.5) is 0 Å². The highest BCUT2D eigenvalue weighted by molar-refractivity contribution is 5.82. The predicted octanol–water partition coefficient (Wildman–Crippen LogP) is 1.32. The highest BCUT2D eigenvalue weighted by atomic mass is 16.2. The second kappa shape index (κ2) is 6.71. The summed E-state index contributed by atoms with van der Waals surface area (Å²) < 4.78 is 0. The van der Waals surface area contributed by atoms with E-state index in [1.165, 1.54) is 32.1 Å². The fourth-order valence-electron chi connectivity index (χ4n) is 3.64. The van der Waals surface area contributed by atoms with Crippen LogP contribution in [-0.2, 0) is 4.79 Å². The van der Waals surface area contributed by atoms with Gasteiger partial charge in [-0.05, 0) is 32.9 Å². The molecule has 0 bridgehead atoms. The van der Waals surface area contributed by atoms with Gasteiger partial charge >= 0.3 is 0 Å². The normalized spacial score (nSPS) is 31.5. The SMILES string of the molecule is CNCC1C(=O)N(C2CCCCC2)CC(C)CN1C. The van der Waals surface area contributed by atoms with Gasteiger partial charge in [-0.3, -0.25) is 9.69 Å². The van der Waals surface area contributed by atoms with E-state index in [4.69, 9.17) is 0 Å². The minimum Gasteiger partial charge on any atom is -0.338 e. The Bertz CT molecular complexity index is 302. The molecular weight excluding hydrogens is 238 g/mol. The van der Waals surface area contributed by atoms with Crippen LogP contribution in [0, 0.1) is 5.92 Å². The maximum absolute atomic E-state index is 12.8. The maximum atomic E-state index is 12.8. The standard InChI is InChI=1S/C15H29N3O/c1-12-10-17(3)14(9-16-2)15(19)18(11-12)13-7-5-4-6-8-13/h12-14,16H,4-11H2,1-3H3. The van der Waals surface area contributed by atoms with Gasteiger partial charge in [0.05, 0.1) is 0 Å². The van der Waals surface area contributed by atoms with Gasteiger partial charge in [0.25, 0.3) is 0 Å². The summed E-state index contributed by atoms with van der Waals surface area (Å²) in [4.78, 5) is 17.3. The molecule has 2 rings (SSSR count). The van der Waals surface area contributed by atoms with Gasteiger partial charge in [-0.1, -0.05) is 26.2 Å². The lowest BCUT2D eigenvalue weighted by molar-refractivity contribution is -0.137. The molecule has 19 heavy (non-hydrogen) atoms. The minimum atomic E-state index is 0.0110. The average Bonchev–Trinajstić information content (AvgIpc) is 2.51. The third-order valence-corrected chi connectivity index (χ3v) is 4.62. The van der Waals surface area contributed by atoms with Crippen LogP contribution in [0.2, 0.25) is 0 Å². The molecule has 0 aromatic heterocycles. The summed E-state index contributed by atoms with van der Waals surface area (Å²) in [6.07, 6.45) is 6.32. The van der Waals surface area contributed by atoms with Gasteiger partial charge in [-0.15, -0.1) is 0 Å². The number of carbonyl (C=O) groups is 1. The smallest absolute Gasteiger partial charge is 0.241 e. The van der Waals surface area contributed by atoms with Gasteiger partial charge in [-0.2, -0.15) is 0 Å². The highest BCUT2D eigenvalue weighted by Gasteiger charge is 2.36. The number of amides is 1. The Labute approximate surface area is 117 Å². The lowest BCUT2D eigenvalue weighted by atomic mass is 9.93. The molecule has 1 heterocycles. The first kappa shape index (κ1) is 14.8. The Morgan fingerprint density at radius 3 is 2.53 bits per heavy atom. The summed E-state index contributed by atoms with van der Waals surface area (Å²) in [6, 6.07) is 0.506. The van der Waals surface area contributed by atoms with Crippen LogP contribution in [0.15, 0.2) is 0 Å². The number of nitrogens with one attached hydrogen (secondary N) is 1. The summed E-state index contributed by atoms with van der Waals surface area (Å²) >= 11 is 0. The van der Waals surface area contributed by atoms with E-state index in [1.54, 1.807) is 0 Å². The van der Waals surface area contributed by atoms with Crippen molar-refractivity contribution in [2.75, 3.05) is 33.7 Å². The van der Waals surface area contributed by atoms with E-state index in [0.29, 0.717) is 17.9 Å². The molecule has 4 heteroatoms. The first-order valence-corrected chi connectivity index (χ1v) is 7.78. The van der Waals surface area contributed by atoms with Crippen molar-refractivity contribution in [3.63, 3.8) is 0 Å². The van der Waals surface area contributed by atoms with E-state index in [2.05, 4.69) is 29.1 Å². The van der Waals surface area contributed by atoms with Crippen LogP contribution in [0.5, 0.6) is 0 Å². The topological polar surface area (TPSA) is 35.6 Å². The Balaban J connectivity index is 2.12. The first-order valence-electron chi connectivity index (χ1n) is 7.78. The summed E-state index contributed by atoms with van der Waals surface area (Å²) in [5.74, 6) is 0.908. The molecule has 2 unspecified atom stereocenters. The van der Waals surface area contributed by atoms with Crippen LogP contribution >= 0.6 is 0 Å². The van der Waals surface area contributed by atoms with Crippen LogP contribution in [0.3, 0.4) is 0 Å². The van der Waals surface area contributed by atoms with Gasteiger partial charge in [0.1, 0.15) is 6.04 Å². The summed E-state index contributed by atoms with van der Waals surface area (Å²) in [7, 11) is 4.02. The summed E-state index contributed by atoms with van der Waals surface area (Å²) in [6.45, 7) is 4.97. The molecule has 1 saturated heterocycles. The van der Waals surface area contributed by atoms with E-state index < -0.39 is 0 Å². The fraction of sp³-hybridized carbons (Fsp3) is 0.933.